The summed E-state index contributed by atoms with van der Waals surface area (Å²) in [5.41, 5.74) is -1.12. The van der Waals surface area contributed by atoms with Gasteiger partial charge in [0.1, 0.15) is 5.78 Å². The summed E-state index contributed by atoms with van der Waals surface area (Å²) in [6.45, 7) is 3.66. The third-order valence-corrected chi connectivity index (χ3v) is 5.65. The third kappa shape index (κ3) is 2.08. The van der Waals surface area contributed by atoms with Crippen LogP contribution in [0.4, 0.5) is 0 Å². The molecule has 86 valence electrons. The van der Waals surface area contributed by atoms with Crippen molar-refractivity contribution in [1.82, 2.24) is 0 Å². The van der Waals surface area contributed by atoms with Gasteiger partial charge in [-0.25, -0.2) is 0 Å². The Hall–Kier alpha value is 1.15. The molecule has 3 unspecified atom stereocenters. The molecular weight excluding hydrogens is 354 g/mol. The summed E-state index contributed by atoms with van der Waals surface area (Å²) in [7, 11) is -4.01. The summed E-state index contributed by atoms with van der Waals surface area (Å²) in [4.78, 5) is 11.8. The topological polar surface area (TPSA) is 71.4 Å². The van der Waals surface area contributed by atoms with Gasteiger partial charge in [0.15, 0.2) is 0 Å². The summed E-state index contributed by atoms with van der Waals surface area (Å²) in [6, 6.07) is 0. The van der Waals surface area contributed by atoms with Crippen LogP contribution in [0.3, 0.4) is 0 Å². The molecule has 0 amide bonds. The molecule has 2 bridgehead atoms. The molecule has 2 fully saturated rings. The fourth-order valence-corrected chi connectivity index (χ4v) is 4.72. The molecule has 0 aromatic carbocycles. The summed E-state index contributed by atoms with van der Waals surface area (Å²) in [5.74, 6) is -0.00535. The molecule has 0 saturated heterocycles. The van der Waals surface area contributed by atoms with Crippen LogP contribution in [0.25, 0.3) is 0 Å². The molecule has 0 aromatic rings. The first kappa shape index (κ1) is 15.2. The van der Waals surface area contributed by atoms with Crippen LogP contribution in [0.15, 0.2) is 0 Å². The maximum Gasteiger partial charge on any atom is 2.00 e. The predicted molar refractivity (Wildman–Crippen MR) is 60.7 cm³/mol. The molecule has 1 N–H and O–H groups in total. The van der Waals surface area contributed by atoms with Crippen molar-refractivity contribution in [2.75, 3.05) is 5.75 Å². The molecule has 2 saturated carbocycles. The first-order valence-corrected chi connectivity index (χ1v) is 6.78. The predicted octanol–water partition coefficient (Wildman–Crippen LogP) is 0.889. The SMILES string of the molecule is CC12CCC(CC1=O)C2(C)CS(=O)(=O)O.[Ba+2]. The van der Waals surface area contributed by atoms with Crippen LogP contribution >= 0.6 is 0 Å². The molecule has 0 aliphatic heterocycles. The number of hydrogen-bond acceptors (Lipinski definition) is 3. The quantitative estimate of drug-likeness (QED) is 0.580. The van der Waals surface area contributed by atoms with Crippen LogP contribution in [0.2, 0.25) is 0 Å². The fourth-order valence-electron chi connectivity index (χ4n) is 3.41. The normalized spacial score (nSPS) is 42.2. The number of carbonyl (C=O) groups is 1. The standard InChI is InChI=1S/C10H16O4S.Ba/c1-9-4-3-7(5-8(9)11)10(9,2)6-15(12,13)14;/h7H,3-6H2,1-2H3,(H,12,13,14);/q;+2. The van der Waals surface area contributed by atoms with Crippen molar-refractivity contribution in [2.45, 2.75) is 33.1 Å². The molecule has 2 rings (SSSR count). The number of ketones is 1. The molecule has 2 aliphatic rings. The van der Waals surface area contributed by atoms with E-state index in [1.54, 1.807) is 0 Å². The van der Waals surface area contributed by atoms with E-state index in [0.717, 1.165) is 12.8 Å². The Morgan fingerprint density at radius 3 is 2.31 bits per heavy atom. The Morgan fingerprint density at radius 2 is 2.00 bits per heavy atom. The Kier molecular flexibility index (Phi) is 4.15. The van der Waals surface area contributed by atoms with Gasteiger partial charge in [0.05, 0.1) is 5.75 Å². The summed E-state index contributed by atoms with van der Waals surface area (Å²) >= 11 is 0. The van der Waals surface area contributed by atoms with E-state index >= 15 is 0 Å². The van der Waals surface area contributed by atoms with E-state index in [2.05, 4.69) is 0 Å². The van der Waals surface area contributed by atoms with Gasteiger partial charge in [0.25, 0.3) is 10.1 Å². The summed E-state index contributed by atoms with van der Waals surface area (Å²) in [5, 5.41) is 0. The second-order valence-corrected chi connectivity index (χ2v) is 6.79. The number of hydrogen-bond donors (Lipinski definition) is 1. The van der Waals surface area contributed by atoms with Crippen molar-refractivity contribution in [3.05, 3.63) is 0 Å². The van der Waals surface area contributed by atoms with E-state index in [9.17, 15) is 13.2 Å². The van der Waals surface area contributed by atoms with Crippen LogP contribution < -0.4 is 0 Å². The minimum absolute atomic E-state index is 0. The van der Waals surface area contributed by atoms with Gasteiger partial charge < -0.3 is 0 Å². The minimum Gasteiger partial charge on any atom is -0.299 e. The van der Waals surface area contributed by atoms with Crippen LogP contribution in [0, 0.1) is 16.7 Å². The smallest absolute Gasteiger partial charge is 0.299 e. The average Bonchev–Trinajstić information content (AvgIpc) is 2.35. The zero-order chi connectivity index (χ0) is 11.5. The Balaban J connectivity index is 0.00000128. The van der Waals surface area contributed by atoms with Gasteiger partial charge in [-0.1, -0.05) is 13.8 Å². The number of carbonyl (C=O) groups excluding carboxylic acids is 1. The average molecular weight is 370 g/mol. The second kappa shape index (κ2) is 4.36. The Labute approximate surface area is 136 Å². The van der Waals surface area contributed by atoms with Crippen LogP contribution in [-0.4, -0.2) is 73.4 Å². The molecule has 0 radical (unpaired) electrons. The van der Waals surface area contributed by atoms with Crippen molar-refractivity contribution >= 4 is 64.8 Å². The maximum absolute atomic E-state index is 11.8. The van der Waals surface area contributed by atoms with Gasteiger partial charge in [-0.2, -0.15) is 8.42 Å². The van der Waals surface area contributed by atoms with Gasteiger partial charge in [-0.3, -0.25) is 9.35 Å². The Morgan fingerprint density at radius 1 is 1.44 bits per heavy atom. The maximum atomic E-state index is 11.8. The van der Waals surface area contributed by atoms with Crippen molar-refractivity contribution in [3.63, 3.8) is 0 Å². The van der Waals surface area contributed by atoms with Crippen molar-refractivity contribution in [2.24, 2.45) is 16.7 Å². The summed E-state index contributed by atoms with van der Waals surface area (Å²) in [6.07, 6.45) is 2.12. The molecule has 3 atom stereocenters. The van der Waals surface area contributed by atoms with E-state index in [-0.39, 0.29) is 66.3 Å². The van der Waals surface area contributed by atoms with Gasteiger partial charge in [-0.05, 0) is 24.2 Å². The summed E-state index contributed by atoms with van der Waals surface area (Å²) < 4.78 is 31.0. The largest absolute Gasteiger partial charge is 2.00 e. The first-order valence-electron chi connectivity index (χ1n) is 5.17. The van der Waals surface area contributed by atoms with Gasteiger partial charge in [0, 0.05) is 11.8 Å². The Bertz CT molecular complexity index is 419. The molecule has 0 heterocycles. The van der Waals surface area contributed by atoms with Gasteiger partial charge in [0.2, 0.25) is 0 Å². The van der Waals surface area contributed by atoms with E-state index in [1.807, 2.05) is 13.8 Å². The van der Waals surface area contributed by atoms with Crippen LogP contribution in [0.1, 0.15) is 33.1 Å². The van der Waals surface area contributed by atoms with Gasteiger partial charge in [-0.15, -0.1) is 0 Å². The number of rotatable bonds is 2. The molecule has 16 heavy (non-hydrogen) atoms. The van der Waals surface area contributed by atoms with Gasteiger partial charge >= 0.3 is 48.9 Å². The monoisotopic (exact) mass is 370 g/mol. The van der Waals surface area contributed by atoms with E-state index in [0.29, 0.717) is 6.42 Å². The zero-order valence-corrected chi connectivity index (χ0v) is 15.0. The van der Waals surface area contributed by atoms with Crippen LogP contribution in [0.5, 0.6) is 0 Å². The number of Topliss-reactive ketones (excluding diaryl/α,β-unsaturated/α-hetero) is 1. The van der Waals surface area contributed by atoms with Crippen molar-refractivity contribution in [1.29, 1.82) is 0 Å². The first-order chi connectivity index (χ1) is 6.69. The van der Waals surface area contributed by atoms with E-state index in [1.165, 1.54) is 0 Å². The van der Waals surface area contributed by atoms with E-state index < -0.39 is 20.9 Å². The molecule has 0 aromatic heterocycles. The second-order valence-electron chi connectivity index (χ2n) is 5.34. The molecule has 4 nitrogen and oxygen atoms in total. The number of fused-ring (bicyclic) bond motifs is 2. The minimum atomic E-state index is -4.01. The van der Waals surface area contributed by atoms with Crippen LogP contribution in [-0.2, 0) is 14.9 Å². The van der Waals surface area contributed by atoms with E-state index in [4.69, 9.17) is 4.55 Å². The molecule has 6 heteroatoms. The zero-order valence-electron chi connectivity index (χ0n) is 9.69. The van der Waals surface area contributed by atoms with Crippen molar-refractivity contribution in [3.8, 4) is 0 Å². The molecular formula is C10H16BaO4S+2. The third-order valence-electron chi connectivity index (χ3n) is 4.68. The molecule has 0 spiro atoms. The molecule has 2 aliphatic carbocycles. The van der Waals surface area contributed by atoms with Crippen molar-refractivity contribution < 1.29 is 17.8 Å². The fraction of sp³-hybridized carbons (Fsp3) is 0.900.